The molecule has 2 rings (SSSR count). The number of fused-ring (bicyclic) bond motifs is 1. The zero-order valence-corrected chi connectivity index (χ0v) is 9.34. The van der Waals surface area contributed by atoms with Crippen molar-refractivity contribution in [1.29, 1.82) is 0 Å². The van der Waals surface area contributed by atoms with Gasteiger partial charge in [-0.3, -0.25) is 4.79 Å². The molecular formula is C11H13ClN2O. The highest BCUT2D eigenvalue weighted by atomic mass is 35.5. The lowest BCUT2D eigenvalue weighted by Gasteiger charge is -2.30. The number of amides is 1. The second-order valence-electron chi connectivity index (χ2n) is 3.63. The number of hydrogen-bond donors (Lipinski definition) is 1. The minimum atomic E-state index is 0.0261. The number of nitrogens with one attached hydrogen (secondary N) is 1. The van der Waals surface area contributed by atoms with Gasteiger partial charge < -0.3 is 10.2 Å². The van der Waals surface area contributed by atoms with Gasteiger partial charge in [-0.2, -0.15) is 0 Å². The van der Waals surface area contributed by atoms with Crippen LogP contribution in [0.2, 0.25) is 5.02 Å². The van der Waals surface area contributed by atoms with Gasteiger partial charge in [0, 0.05) is 11.6 Å². The first-order chi connectivity index (χ1) is 7.20. The van der Waals surface area contributed by atoms with Gasteiger partial charge in [0.15, 0.2) is 0 Å². The quantitative estimate of drug-likeness (QED) is 0.837. The topological polar surface area (TPSA) is 32.3 Å². The maximum atomic E-state index is 11.4. The molecule has 0 spiro atoms. The van der Waals surface area contributed by atoms with E-state index >= 15 is 0 Å². The van der Waals surface area contributed by atoms with Crippen LogP contribution in [0.5, 0.6) is 0 Å². The Morgan fingerprint density at radius 1 is 1.53 bits per heavy atom. The third-order valence-electron chi connectivity index (χ3n) is 2.40. The number of carbonyl (C=O) groups excluding carboxylic acids is 1. The maximum Gasteiger partial charge on any atom is 0.243 e. The lowest BCUT2D eigenvalue weighted by Crippen LogP contribution is -2.38. The average molecular weight is 225 g/mol. The molecule has 1 aromatic carbocycles. The Morgan fingerprint density at radius 2 is 2.33 bits per heavy atom. The minimum absolute atomic E-state index is 0.0261. The van der Waals surface area contributed by atoms with Crippen molar-refractivity contribution in [1.82, 2.24) is 0 Å². The van der Waals surface area contributed by atoms with Crippen LogP contribution in [0.1, 0.15) is 13.3 Å². The third-order valence-corrected chi connectivity index (χ3v) is 2.64. The molecule has 3 nitrogen and oxygen atoms in total. The molecule has 0 saturated heterocycles. The molecule has 1 heterocycles. The van der Waals surface area contributed by atoms with Crippen molar-refractivity contribution >= 4 is 28.9 Å². The number of anilines is 2. The van der Waals surface area contributed by atoms with E-state index in [-0.39, 0.29) is 5.91 Å². The normalized spacial score (nSPS) is 14.8. The van der Waals surface area contributed by atoms with Crippen LogP contribution >= 0.6 is 11.6 Å². The molecule has 0 aromatic heterocycles. The number of nitrogens with zero attached hydrogens (tertiary/aromatic N) is 1. The summed E-state index contributed by atoms with van der Waals surface area (Å²) in [4.78, 5) is 13.5. The first-order valence-corrected chi connectivity index (χ1v) is 5.43. The molecule has 0 atom stereocenters. The van der Waals surface area contributed by atoms with E-state index in [1.807, 2.05) is 12.1 Å². The fourth-order valence-corrected chi connectivity index (χ4v) is 1.97. The van der Waals surface area contributed by atoms with Crippen molar-refractivity contribution in [3.63, 3.8) is 0 Å². The van der Waals surface area contributed by atoms with E-state index < -0.39 is 0 Å². The lowest BCUT2D eigenvalue weighted by atomic mass is 10.2. The molecule has 1 aliphatic heterocycles. The second-order valence-corrected chi connectivity index (χ2v) is 4.07. The summed E-state index contributed by atoms with van der Waals surface area (Å²) in [5.74, 6) is 0.0261. The summed E-state index contributed by atoms with van der Waals surface area (Å²) in [6.07, 6.45) is 1.02. The molecular weight excluding hydrogens is 212 g/mol. The molecule has 0 saturated carbocycles. The van der Waals surface area contributed by atoms with E-state index in [1.165, 1.54) is 0 Å². The molecule has 1 aliphatic rings. The molecule has 0 aliphatic carbocycles. The van der Waals surface area contributed by atoms with Crippen LogP contribution in [0.25, 0.3) is 0 Å². The second kappa shape index (κ2) is 4.11. The van der Waals surface area contributed by atoms with Gasteiger partial charge in [0.2, 0.25) is 5.91 Å². The fraction of sp³-hybridized carbons (Fsp3) is 0.364. The summed E-state index contributed by atoms with van der Waals surface area (Å²) in [7, 11) is 0. The van der Waals surface area contributed by atoms with Crippen molar-refractivity contribution < 1.29 is 4.79 Å². The lowest BCUT2D eigenvalue weighted by molar-refractivity contribution is -0.115. The summed E-state index contributed by atoms with van der Waals surface area (Å²) in [5, 5.41) is 3.47. The van der Waals surface area contributed by atoms with Gasteiger partial charge in [-0.05, 0) is 24.6 Å². The Kier molecular flexibility index (Phi) is 2.82. The maximum absolute atomic E-state index is 11.4. The number of hydrogen-bond acceptors (Lipinski definition) is 2. The van der Waals surface area contributed by atoms with Gasteiger partial charge in [-0.25, -0.2) is 0 Å². The van der Waals surface area contributed by atoms with E-state index in [2.05, 4.69) is 17.1 Å². The first kappa shape index (κ1) is 10.3. The molecule has 0 unspecified atom stereocenters. The van der Waals surface area contributed by atoms with Gasteiger partial charge >= 0.3 is 0 Å². The Hall–Kier alpha value is -1.22. The van der Waals surface area contributed by atoms with Gasteiger partial charge in [-0.1, -0.05) is 18.5 Å². The van der Waals surface area contributed by atoms with Crippen LogP contribution in [0, 0.1) is 0 Å². The molecule has 4 heteroatoms. The Bertz CT molecular complexity index is 392. The van der Waals surface area contributed by atoms with E-state index in [4.69, 9.17) is 11.6 Å². The van der Waals surface area contributed by atoms with E-state index in [0.717, 1.165) is 24.3 Å². The van der Waals surface area contributed by atoms with Crippen molar-refractivity contribution in [3.8, 4) is 0 Å². The van der Waals surface area contributed by atoms with Crippen molar-refractivity contribution in [2.45, 2.75) is 13.3 Å². The molecule has 0 bridgehead atoms. The molecule has 0 fully saturated rings. The summed E-state index contributed by atoms with van der Waals surface area (Å²) < 4.78 is 0. The zero-order valence-electron chi connectivity index (χ0n) is 8.59. The van der Waals surface area contributed by atoms with Crippen LogP contribution in [0.4, 0.5) is 11.4 Å². The van der Waals surface area contributed by atoms with Crippen LogP contribution in [0.3, 0.4) is 0 Å². The van der Waals surface area contributed by atoms with Crippen molar-refractivity contribution in [3.05, 3.63) is 23.2 Å². The Balaban J connectivity index is 2.37. The average Bonchev–Trinajstić information content (AvgIpc) is 2.17. The van der Waals surface area contributed by atoms with Crippen LogP contribution < -0.4 is 10.2 Å². The van der Waals surface area contributed by atoms with Crippen molar-refractivity contribution in [2.24, 2.45) is 0 Å². The highest BCUT2D eigenvalue weighted by Gasteiger charge is 2.20. The van der Waals surface area contributed by atoms with Crippen LogP contribution in [-0.2, 0) is 4.79 Å². The van der Waals surface area contributed by atoms with E-state index in [1.54, 1.807) is 6.07 Å². The Morgan fingerprint density at radius 3 is 3.07 bits per heavy atom. The van der Waals surface area contributed by atoms with Gasteiger partial charge in [0.05, 0.1) is 17.9 Å². The first-order valence-electron chi connectivity index (χ1n) is 5.05. The SMILES string of the molecule is CCCN1CC(=O)Nc2cc(Cl)ccc21. The largest absolute Gasteiger partial charge is 0.361 e. The monoisotopic (exact) mass is 224 g/mol. The van der Waals surface area contributed by atoms with Gasteiger partial charge in [0.25, 0.3) is 0 Å². The van der Waals surface area contributed by atoms with Crippen molar-refractivity contribution in [2.75, 3.05) is 23.3 Å². The summed E-state index contributed by atoms with van der Waals surface area (Å²) in [6.45, 7) is 3.42. The summed E-state index contributed by atoms with van der Waals surface area (Å²) >= 11 is 5.88. The van der Waals surface area contributed by atoms with Crippen LogP contribution in [0.15, 0.2) is 18.2 Å². The third kappa shape index (κ3) is 2.07. The molecule has 0 radical (unpaired) electrons. The standard InChI is InChI=1S/C11H13ClN2O/c1-2-5-14-7-11(15)13-9-6-8(12)3-4-10(9)14/h3-4,6H,2,5,7H2,1H3,(H,13,15). The molecule has 1 N–H and O–H groups in total. The molecule has 1 aromatic rings. The predicted molar refractivity (Wildman–Crippen MR) is 62.6 cm³/mol. The molecule has 15 heavy (non-hydrogen) atoms. The summed E-state index contributed by atoms with van der Waals surface area (Å²) in [5.41, 5.74) is 1.87. The minimum Gasteiger partial charge on any atom is -0.361 e. The van der Waals surface area contributed by atoms with Crippen LogP contribution in [-0.4, -0.2) is 19.0 Å². The Labute approximate surface area is 94.0 Å². The highest BCUT2D eigenvalue weighted by Crippen LogP contribution is 2.31. The number of carbonyl (C=O) groups is 1. The van der Waals surface area contributed by atoms with Gasteiger partial charge in [-0.15, -0.1) is 0 Å². The zero-order chi connectivity index (χ0) is 10.8. The number of halogens is 1. The van der Waals surface area contributed by atoms with Gasteiger partial charge in [0.1, 0.15) is 0 Å². The van der Waals surface area contributed by atoms with E-state index in [9.17, 15) is 4.79 Å². The predicted octanol–water partition coefficient (Wildman–Crippen LogP) is 2.51. The fourth-order valence-electron chi connectivity index (χ4n) is 1.80. The molecule has 1 amide bonds. The van der Waals surface area contributed by atoms with E-state index in [0.29, 0.717) is 11.6 Å². The number of benzene rings is 1. The summed E-state index contributed by atoms with van der Waals surface area (Å²) in [6, 6.07) is 5.59. The molecule has 80 valence electrons. The number of rotatable bonds is 2. The highest BCUT2D eigenvalue weighted by molar-refractivity contribution is 6.31. The smallest absolute Gasteiger partial charge is 0.243 e.